The summed E-state index contributed by atoms with van der Waals surface area (Å²) in [4.78, 5) is 46.5. The molecule has 1 unspecified atom stereocenters. The number of anilines is 1. The van der Waals surface area contributed by atoms with Gasteiger partial charge in [0.2, 0.25) is 5.78 Å². The van der Waals surface area contributed by atoms with Crippen LogP contribution in [0.25, 0.3) is 4.85 Å². The standard InChI is InChI=1S/C22H20N2O4/c1-7-20(4)17(26)15-14-16(25)21(20,23-5)11-9-8-10-12-13(11)22(28-15,19(14,2)3)18(27)24(12)6/h7-10,14-15H,1H2,2-4,6H3/t14-,15?,20+,21+,22-/m0/s1. The average molecular weight is 376 g/mol. The van der Waals surface area contributed by atoms with Crippen LogP contribution in [0.15, 0.2) is 30.9 Å². The van der Waals surface area contributed by atoms with Crippen molar-refractivity contribution in [3.63, 3.8) is 0 Å². The van der Waals surface area contributed by atoms with Crippen molar-refractivity contribution in [2.45, 2.75) is 38.0 Å². The van der Waals surface area contributed by atoms with Crippen molar-refractivity contribution in [3.05, 3.63) is 53.4 Å². The molecule has 4 aliphatic rings. The van der Waals surface area contributed by atoms with Crippen LogP contribution >= 0.6 is 0 Å². The number of ketones is 2. The van der Waals surface area contributed by atoms with Gasteiger partial charge < -0.3 is 9.64 Å². The highest BCUT2D eigenvalue weighted by Gasteiger charge is 2.85. The van der Waals surface area contributed by atoms with Gasteiger partial charge in [-0.3, -0.25) is 19.2 Å². The molecule has 28 heavy (non-hydrogen) atoms. The molecule has 6 nitrogen and oxygen atoms in total. The third-order valence-electron chi connectivity index (χ3n) is 7.78. The Morgan fingerprint density at radius 2 is 1.89 bits per heavy atom. The van der Waals surface area contributed by atoms with Crippen molar-refractivity contribution in [1.29, 1.82) is 0 Å². The number of fused-ring (bicyclic) bond motifs is 2. The molecule has 1 aromatic carbocycles. The Kier molecular flexibility index (Phi) is 2.75. The summed E-state index contributed by atoms with van der Waals surface area (Å²) in [5.41, 5.74) is -4.06. The van der Waals surface area contributed by atoms with Crippen molar-refractivity contribution < 1.29 is 19.1 Å². The zero-order valence-corrected chi connectivity index (χ0v) is 16.2. The molecular weight excluding hydrogens is 356 g/mol. The number of nitrogens with zero attached hydrogens (tertiary/aromatic N) is 2. The van der Waals surface area contributed by atoms with Crippen LogP contribution in [-0.2, 0) is 30.3 Å². The van der Waals surface area contributed by atoms with Gasteiger partial charge in [-0.15, -0.1) is 6.58 Å². The first kappa shape index (κ1) is 17.3. The summed E-state index contributed by atoms with van der Waals surface area (Å²) in [6.07, 6.45) is 0.334. The van der Waals surface area contributed by atoms with Crippen molar-refractivity contribution >= 4 is 23.2 Å². The lowest BCUT2D eigenvalue weighted by molar-refractivity contribution is -0.166. The molecule has 0 radical (unpaired) electrons. The number of likely N-dealkylation sites (N-methyl/N-ethyl adjacent to an activating group) is 1. The van der Waals surface area contributed by atoms with Crippen molar-refractivity contribution in [2.75, 3.05) is 11.9 Å². The Morgan fingerprint density at radius 1 is 1.21 bits per heavy atom. The van der Waals surface area contributed by atoms with E-state index < -0.39 is 34.0 Å². The number of amides is 1. The number of carbonyl (C=O) groups is 3. The first-order valence-corrected chi connectivity index (χ1v) is 9.28. The largest absolute Gasteiger partial charge is 0.348 e. The smallest absolute Gasteiger partial charge is 0.330 e. The fourth-order valence-electron chi connectivity index (χ4n) is 6.18. The predicted molar refractivity (Wildman–Crippen MR) is 100 cm³/mol. The van der Waals surface area contributed by atoms with Crippen molar-refractivity contribution in [2.24, 2.45) is 16.7 Å². The minimum Gasteiger partial charge on any atom is -0.348 e. The first-order valence-electron chi connectivity index (χ1n) is 9.28. The Hall–Kier alpha value is -2.78. The lowest BCUT2D eigenvalue weighted by Crippen LogP contribution is -2.64. The van der Waals surface area contributed by atoms with Gasteiger partial charge in [-0.1, -0.05) is 26.0 Å². The van der Waals surface area contributed by atoms with Gasteiger partial charge in [-0.25, -0.2) is 6.57 Å². The Morgan fingerprint density at radius 3 is 2.50 bits per heavy atom. The number of rotatable bonds is 1. The van der Waals surface area contributed by atoms with E-state index in [1.54, 1.807) is 46.0 Å². The summed E-state index contributed by atoms with van der Waals surface area (Å²) >= 11 is 0. The van der Waals surface area contributed by atoms with Gasteiger partial charge in [-0.2, -0.15) is 0 Å². The monoisotopic (exact) mass is 376 g/mol. The highest BCUT2D eigenvalue weighted by molar-refractivity contribution is 6.17. The van der Waals surface area contributed by atoms with E-state index in [0.717, 1.165) is 0 Å². The summed E-state index contributed by atoms with van der Waals surface area (Å²) < 4.78 is 6.32. The number of ether oxygens (including phenoxy) is 1. The molecule has 2 fully saturated rings. The quantitative estimate of drug-likeness (QED) is 0.557. The Bertz CT molecular complexity index is 1080. The fourth-order valence-corrected chi connectivity index (χ4v) is 6.18. The fraction of sp³-hybridized carbons (Fsp3) is 0.455. The number of carbonyl (C=O) groups excluding carboxylic acids is 3. The van der Waals surface area contributed by atoms with E-state index in [2.05, 4.69) is 11.4 Å². The van der Waals surface area contributed by atoms with E-state index in [0.29, 0.717) is 16.8 Å². The van der Waals surface area contributed by atoms with E-state index in [4.69, 9.17) is 11.3 Å². The molecule has 2 aliphatic carbocycles. The van der Waals surface area contributed by atoms with E-state index in [-0.39, 0.29) is 17.5 Å². The van der Waals surface area contributed by atoms with Crippen LogP contribution in [0.2, 0.25) is 0 Å². The molecule has 142 valence electrons. The molecule has 2 aliphatic heterocycles. The van der Waals surface area contributed by atoms with Crippen molar-refractivity contribution in [1.82, 2.24) is 0 Å². The maximum absolute atomic E-state index is 14.0. The topological polar surface area (TPSA) is 68.0 Å². The highest BCUT2D eigenvalue weighted by Crippen LogP contribution is 2.71. The van der Waals surface area contributed by atoms with Crippen LogP contribution in [0.4, 0.5) is 5.69 Å². The average Bonchev–Trinajstić information content (AvgIpc) is 3.03. The van der Waals surface area contributed by atoms with Gasteiger partial charge in [-0.05, 0) is 19.1 Å². The number of benzene rings is 1. The van der Waals surface area contributed by atoms with E-state index >= 15 is 0 Å². The van der Waals surface area contributed by atoms with Gasteiger partial charge in [0.25, 0.3) is 5.91 Å². The van der Waals surface area contributed by atoms with Crippen LogP contribution in [0.3, 0.4) is 0 Å². The second-order valence-corrected chi connectivity index (χ2v) is 8.94. The first-order chi connectivity index (χ1) is 13.1. The molecule has 0 aromatic heterocycles. The van der Waals surface area contributed by atoms with Gasteiger partial charge in [0.1, 0.15) is 11.5 Å². The summed E-state index contributed by atoms with van der Waals surface area (Å²) in [6, 6.07) is 5.22. The third kappa shape index (κ3) is 1.24. The van der Waals surface area contributed by atoms with Crippen LogP contribution in [-0.4, -0.2) is 30.6 Å². The lowest BCUT2D eigenvalue weighted by atomic mass is 9.53. The molecular formula is C22H20N2O4. The molecule has 5 atom stereocenters. The minimum atomic E-state index is -1.76. The second kappa shape index (κ2) is 4.44. The van der Waals surface area contributed by atoms with Crippen LogP contribution < -0.4 is 4.90 Å². The molecule has 1 aromatic rings. The maximum Gasteiger partial charge on any atom is 0.330 e. The molecule has 2 heterocycles. The minimum absolute atomic E-state index is 0.295. The highest BCUT2D eigenvalue weighted by atomic mass is 16.5. The molecule has 5 rings (SSSR count). The van der Waals surface area contributed by atoms with Gasteiger partial charge in [0.05, 0.1) is 17.2 Å². The van der Waals surface area contributed by atoms with Gasteiger partial charge in [0, 0.05) is 18.0 Å². The maximum atomic E-state index is 14.0. The second-order valence-electron chi connectivity index (χ2n) is 8.94. The predicted octanol–water partition coefficient (Wildman–Crippen LogP) is 2.37. The number of Topliss-reactive ketones (excluding diaryl/α,β-unsaturated/α-hetero) is 2. The van der Waals surface area contributed by atoms with Crippen LogP contribution in [0.1, 0.15) is 31.9 Å². The molecule has 1 spiro atoms. The Labute approximate surface area is 163 Å². The molecule has 3 bridgehead atoms. The molecule has 1 saturated carbocycles. The summed E-state index contributed by atoms with van der Waals surface area (Å²) in [5.74, 6) is -1.88. The van der Waals surface area contributed by atoms with Gasteiger partial charge in [0.15, 0.2) is 11.4 Å². The zero-order valence-electron chi connectivity index (χ0n) is 16.2. The lowest BCUT2D eigenvalue weighted by Gasteiger charge is -2.44. The summed E-state index contributed by atoms with van der Waals surface area (Å²) in [5, 5.41) is 0. The SMILES string of the molecule is [C-]#[N+][C@@]12C(=O)[C@@H]3C(O[C@@]4(C(=O)N(C)c5cccc1c54)C3(C)C)C(=O)[C@@]2(C)C=C. The molecule has 0 N–H and O–H groups in total. The zero-order chi connectivity index (χ0) is 20.4. The van der Waals surface area contributed by atoms with Gasteiger partial charge >= 0.3 is 5.54 Å². The third-order valence-corrected chi connectivity index (χ3v) is 7.78. The molecule has 1 amide bonds. The Balaban J connectivity index is 2.08. The van der Waals surface area contributed by atoms with Crippen LogP contribution in [0.5, 0.6) is 0 Å². The molecule has 1 saturated heterocycles. The van der Waals surface area contributed by atoms with E-state index in [9.17, 15) is 14.4 Å². The van der Waals surface area contributed by atoms with E-state index in [1.807, 2.05) is 0 Å². The number of hydrogen-bond acceptors (Lipinski definition) is 4. The number of hydrogen-bond donors (Lipinski definition) is 0. The molecule has 6 heteroatoms. The van der Waals surface area contributed by atoms with E-state index in [1.165, 1.54) is 11.0 Å². The van der Waals surface area contributed by atoms with Crippen LogP contribution in [0, 0.1) is 23.3 Å². The van der Waals surface area contributed by atoms with Crippen molar-refractivity contribution in [3.8, 4) is 0 Å². The summed E-state index contributed by atoms with van der Waals surface area (Å²) in [7, 11) is 1.66. The normalized spacial score (nSPS) is 41.7. The summed E-state index contributed by atoms with van der Waals surface area (Å²) in [6.45, 7) is 17.1.